The minimum atomic E-state index is -5.61. The SMILES string of the molecule is NCCCCCCNC(=O)Nc1ncnc2c1ncn2[C@H]1CC[C@@H](COP(=O)(O)OP(=O)(O)OP(=O)(O)O)O1. The van der Waals surface area contributed by atoms with Crippen molar-refractivity contribution in [3.05, 3.63) is 12.7 Å². The number of nitrogens with one attached hydrogen (secondary N) is 2. The highest BCUT2D eigenvalue weighted by atomic mass is 31.3. The normalized spacial score (nSPS) is 20.9. The van der Waals surface area contributed by atoms with E-state index in [4.69, 9.17) is 20.3 Å². The van der Waals surface area contributed by atoms with Crippen LogP contribution in [0.15, 0.2) is 12.7 Å². The Balaban J connectivity index is 1.54. The molecule has 0 aliphatic carbocycles. The van der Waals surface area contributed by atoms with Gasteiger partial charge in [0.05, 0.1) is 19.0 Å². The summed E-state index contributed by atoms with van der Waals surface area (Å²) in [6.07, 6.45) is 5.67. The molecule has 2 aromatic heterocycles. The predicted octanol–water partition coefficient (Wildman–Crippen LogP) is 1.49. The van der Waals surface area contributed by atoms with Crippen molar-refractivity contribution in [1.29, 1.82) is 0 Å². The van der Waals surface area contributed by atoms with Gasteiger partial charge in [-0.1, -0.05) is 12.8 Å². The van der Waals surface area contributed by atoms with Crippen LogP contribution in [0.25, 0.3) is 11.2 Å². The van der Waals surface area contributed by atoms with Gasteiger partial charge in [-0.25, -0.2) is 33.4 Å². The van der Waals surface area contributed by atoms with Crippen LogP contribution in [0.5, 0.6) is 0 Å². The Hall–Kier alpha value is -1.85. The van der Waals surface area contributed by atoms with Crippen LogP contribution in [0.3, 0.4) is 0 Å². The summed E-state index contributed by atoms with van der Waals surface area (Å²) in [5.41, 5.74) is 6.11. The minimum absolute atomic E-state index is 0.182. The number of nitrogens with zero attached hydrogens (tertiary/aromatic N) is 4. The number of hydrogen-bond acceptors (Lipinski definition) is 12. The third kappa shape index (κ3) is 10.2. The van der Waals surface area contributed by atoms with E-state index in [9.17, 15) is 28.3 Å². The third-order valence-electron chi connectivity index (χ3n) is 5.24. The maximum absolute atomic E-state index is 12.2. The van der Waals surface area contributed by atoms with Gasteiger partial charge in [-0.15, -0.1) is 0 Å². The highest BCUT2D eigenvalue weighted by molar-refractivity contribution is 7.66. The van der Waals surface area contributed by atoms with Gasteiger partial charge in [-0.3, -0.25) is 14.4 Å². The van der Waals surface area contributed by atoms with Crippen molar-refractivity contribution in [2.24, 2.45) is 5.73 Å². The zero-order valence-corrected chi connectivity index (χ0v) is 23.1. The van der Waals surface area contributed by atoms with Crippen LogP contribution >= 0.6 is 23.5 Å². The molecule has 19 nitrogen and oxygen atoms in total. The molecule has 0 radical (unpaired) electrons. The molecule has 0 aromatic carbocycles. The molecule has 8 N–H and O–H groups in total. The van der Waals surface area contributed by atoms with Crippen LogP contribution in [0, 0.1) is 0 Å². The number of amides is 2. The smallest absolute Gasteiger partial charge is 0.352 e. The van der Waals surface area contributed by atoms with Gasteiger partial charge in [0.1, 0.15) is 12.6 Å². The molecule has 3 heterocycles. The molecule has 1 fully saturated rings. The second-order valence-electron chi connectivity index (χ2n) is 8.31. The average molecular weight is 617 g/mol. The fourth-order valence-electron chi connectivity index (χ4n) is 3.63. The molecule has 2 amide bonds. The summed E-state index contributed by atoms with van der Waals surface area (Å²) in [6, 6.07) is -0.452. The quantitative estimate of drug-likeness (QED) is 0.110. The molecule has 0 saturated carbocycles. The minimum Gasteiger partial charge on any atom is -0.352 e. The fourth-order valence-corrected chi connectivity index (χ4v) is 6.67. The molecule has 2 aromatic rings. The van der Waals surface area contributed by atoms with Gasteiger partial charge >= 0.3 is 29.5 Å². The summed E-state index contributed by atoms with van der Waals surface area (Å²) in [5, 5.41) is 5.38. The van der Waals surface area contributed by atoms with Crippen LogP contribution in [-0.4, -0.2) is 70.9 Å². The van der Waals surface area contributed by atoms with Crippen LogP contribution in [0.1, 0.15) is 44.8 Å². The Bertz CT molecular complexity index is 1270. The molecule has 2 unspecified atom stereocenters. The number of anilines is 1. The molecule has 0 bridgehead atoms. The number of imidazole rings is 1. The molecular formula is C17H30N7O12P3. The molecule has 220 valence electrons. The van der Waals surface area contributed by atoms with Crippen molar-refractivity contribution >= 4 is 46.5 Å². The molecule has 1 aliphatic heterocycles. The number of carbonyl (C=O) groups excluding carboxylic acids is 1. The lowest BCUT2D eigenvalue weighted by molar-refractivity contribution is -0.0205. The van der Waals surface area contributed by atoms with Gasteiger partial charge in [-0.2, -0.15) is 8.62 Å². The lowest BCUT2D eigenvalue weighted by Crippen LogP contribution is -2.30. The summed E-state index contributed by atoms with van der Waals surface area (Å²) < 4.78 is 53.4. The number of urea groups is 1. The summed E-state index contributed by atoms with van der Waals surface area (Å²) in [5.74, 6) is 0.182. The lowest BCUT2D eigenvalue weighted by atomic mass is 10.2. The zero-order valence-electron chi connectivity index (χ0n) is 20.4. The first-order chi connectivity index (χ1) is 18.3. The van der Waals surface area contributed by atoms with Gasteiger partial charge in [0.15, 0.2) is 17.0 Å². The number of phosphoric ester groups is 1. The van der Waals surface area contributed by atoms with E-state index in [1.165, 1.54) is 12.7 Å². The summed E-state index contributed by atoms with van der Waals surface area (Å²) in [4.78, 5) is 60.8. The molecule has 4 atom stereocenters. The van der Waals surface area contributed by atoms with E-state index in [1.54, 1.807) is 4.57 Å². The van der Waals surface area contributed by atoms with Crippen LogP contribution in [-0.2, 0) is 31.6 Å². The highest BCUT2D eigenvalue weighted by Gasteiger charge is 2.41. The predicted molar refractivity (Wildman–Crippen MR) is 133 cm³/mol. The first-order valence-electron chi connectivity index (χ1n) is 11.6. The monoisotopic (exact) mass is 617 g/mol. The van der Waals surface area contributed by atoms with Gasteiger partial charge in [0.25, 0.3) is 0 Å². The Morgan fingerprint density at radius 1 is 1.05 bits per heavy atom. The van der Waals surface area contributed by atoms with Crippen molar-refractivity contribution in [2.75, 3.05) is 25.0 Å². The standard InChI is InChI=1S/C17H30N7O12P3/c18-7-3-1-2-4-8-19-17(25)23-15-14-16(21-10-20-15)24(11-22-14)13-6-5-12(34-13)9-33-38(29,30)36-39(31,32)35-37(26,27)28/h10-13H,1-9,18H2,(H,29,30)(H,31,32)(H2,26,27,28)(H2,19,20,21,23,25)/t12-,13+/m0/s1. The Labute approximate surface area is 221 Å². The van der Waals surface area contributed by atoms with Crippen molar-refractivity contribution in [1.82, 2.24) is 24.8 Å². The van der Waals surface area contributed by atoms with E-state index < -0.39 is 48.4 Å². The Kier molecular flexibility index (Phi) is 11.1. The van der Waals surface area contributed by atoms with Gasteiger partial charge in [-0.05, 0) is 32.2 Å². The first-order valence-corrected chi connectivity index (χ1v) is 16.2. The molecule has 0 spiro atoms. The van der Waals surface area contributed by atoms with E-state index >= 15 is 0 Å². The van der Waals surface area contributed by atoms with Crippen LogP contribution in [0.4, 0.5) is 10.6 Å². The van der Waals surface area contributed by atoms with Gasteiger partial charge in [0, 0.05) is 6.54 Å². The second-order valence-corrected chi connectivity index (χ2v) is 12.7. The number of aromatic nitrogens is 4. The van der Waals surface area contributed by atoms with E-state index in [2.05, 4.69) is 38.7 Å². The van der Waals surface area contributed by atoms with Crippen molar-refractivity contribution in [2.45, 2.75) is 50.9 Å². The maximum Gasteiger partial charge on any atom is 0.490 e. The highest BCUT2D eigenvalue weighted by Crippen LogP contribution is 2.66. The summed E-state index contributed by atoms with van der Waals surface area (Å²) in [7, 11) is -16.4. The van der Waals surface area contributed by atoms with Gasteiger partial charge < -0.3 is 35.4 Å². The number of rotatable bonds is 15. The number of nitrogens with two attached hydrogens (primary N) is 1. The lowest BCUT2D eigenvalue weighted by Gasteiger charge is -2.18. The van der Waals surface area contributed by atoms with Crippen LogP contribution < -0.4 is 16.4 Å². The molecular weight excluding hydrogens is 587 g/mol. The maximum atomic E-state index is 12.2. The van der Waals surface area contributed by atoms with Gasteiger partial charge in [0.2, 0.25) is 0 Å². The van der Waals surface area contributed by atoms with E-state index in [-0.39, 0.29) is 5.82 Å². The zero-order chi connectivity index (χ0) is 28.7. The van der Waals surface area contributed by atoms with Crippen molar-refractivity contribution in [3.63, 3.8) is 0 Å². The number of hydrogen-bond donors (Lipinski definition) is 7. The molecule has 1 saturated heterocycles. The van der Waals surface area contributed by atoms with Crippen molar-refractivity contribution < 1.29 is 55.9 Å². The number of fused-ring (bicyclic) bond motifs is 1. The van der Waals surface area contributed by atoms with E-state index in [0.29, 0.717) is 37.1 Å². The Morgan fingerprint density at radius 3 is 2.51 bits per heavy atom. The average Bonchev–Trinajstić information content (AvgIpc) is 3.45. The number of ether oxygens (including phenoxy) is 1. The van der Waals surface area contributed by atoms with Crippen LogP contribution in [0.2, 0.25) is 0 Å². The number of unbranched alkanes of at least 4 members (excludes halogenated alkanes) is 3. The van der Waals surface area contributed by atoms with E-state index in [1.807, 2.05) is 0 Å². The largest absolute Gasteiger partial charge is 0.490 e. The topological polar surface area (TPSA) is 280 Å². The fraction of sp³-hybridized carbons (Fsp3) is 0.647. The first kappa shape index (κ1) is 31.7. The van der Waals surface area contributed by atoms with E-state index in [0.717, 1.165) is 25.7 Å². The Morgan fingerprint density at radius 2 is 1.79 bits per heavy atom. The molecule has 22 heteroatoms. The second kappa shape index (κ2) is 13.7. The van der Waals surface area contributed by atoms with Crippen molar-refractivity contribution in [3.8, 4) is 0 Å². The summed E-state index contributed by atoms with van der Waals surface area (Å²) >= 11 is 0. The number of phosphoric acid groups is 3. The molecule has 3 rings (SSSR count). The number of carbonyl (C=O) groups is 1. The summed E-state index contributed by atoms with van der Waals surface area (Å²) in [6.45, 7) is 0.552. The molecule has 39 heavy (non-hydrogen) atoms. The molecule has 1 aliphatic rings. The third-order valence-corrected chi connectivity index (χ3v) is 9.04.